The number of halogens is 3. The predicted octanol–water partition coefficient (Wildman–Crippen LogP) is 1.54. The van der Waals surface area contributed by atoms with Crippen LogP contribution in [0.4, 0.5) is 13.2 Å². The summed E-state index contributed by atoms with van der Waals surface area (Å²) in [4.78, 5) is 21.9. The van der Waals surface area contributed by atoms with E-state index in [0.717, 1.165) is 12.1 Å². The number of alkyl halides is 3. The van der Waals surface area contributed by atoms with E-state index in [9.17, 15) is 22.8 Å². The molecule has 1 rings (SSSR count). The van der Waals surface area contributed by atoms with Crippen molar-refractivity contribution >= 4 is 11.8 Å². The van der Waals surface area contributed by atoms with Crippen molar-refractivity contribution in [2.75, 3.05) is 0 Å². The minimum absolute atomic E-state index is 0.00796. The average molecular weight is 274 g/mol. The third-order valence-corrected chi connectivity index (χ3v) is 2.64. The molecular weight excluding hydrogens is 261 g/mol. The molecule has 0 aliphatic rings. The van der Waals surface area contributed by atoms with E-state index >= 15 is 0 Å². The van der Waals surface area contributed by atoms with Gasteiger partial charge in [0.1, 0.15) is 0 Å². The van der Waals surface area contributed by atoms with Gasteiger partial charge in [-0.3, -0.25) is 9.59 Å². The van der Waals surface area contributed by atoms with Gasteiger partial charge in [-0.15, -0.1) is 0 Å². The van der Waals surface area contributed by atoms with Crippen LogP contribution in [0.3, 0.4) is 0 Å². The molecule has 0 saturated heterocycles. The van der Waals surface area contributed by atoms with Gasteiger partial charge in [0.05, 0.1) is 11.5 Å². The normalized spacial score (nSPS) is 13.0. The van der Waals surface area contributed by atoms with Gasteiger partial charge in [-0.1, -0.05) is 18.2 Å². The number of carbonyl (C=O) groups is 2. The molecule has 2 amide bonds. The summed E-state index contributed by atoms with van der Waals surface area (Å²) in [5.74, 6) is -2.39. The van der Waals surface area contributed by atoms with Crippen molar-refractivity contribution in [3.05, 3.63) is 35.4 Å². The van der Waals surface area contributed by atoms with Crippen molar-refractivity contribution in [1.82, 2.24) is 0 Å². The van der Waals surface area contributed by atoms with Gasteiger partial charge in [-0.2, -0.15) is 13.2 Å². The Morgan fingerprint density at radius 1 is 1.21 bits per heavy atom. The second-order valence-electron chi connectivity index (χ2n) is 4.08. The van der Waals surface area contributed by atoms with E-state index in [1.807, 2.05) is 0 Å². The molecule has 0 radical (unpaired) electrons. The van der Waals surface area contributed by atoms with Crippen LogP contribution in [0.1, 0.15) is 29.9 Å². The summed E-state index contributed by atoms with van der Waals surface area (Å²) in [6.07, 6.45) is -4.63. The van der Waals surface area contributed by atoms with Crippen molar-refractivity contribution in [3.8, 4) is 0 Å². The molecule has 0 aromatic heterocycles. The summed E-state index contributed by atoms with van der Waals surface area (Å²) in [6.45, 7) is 0. The van der Waals surface area contributed by atoms with Gasteiger partial charge < -0.3 is 11.5 Å². The zero-order valence-corrected chi connectivity index (χ0v) is 9.91. The number of benzene rings is 1. The van der Waals surface area contributed by atoms with Crippen LogP contribution < -0.4 is 11.5 Å². The lowest BCUT2D eigenvalue weighted by Crippen LogP contribution is -2.23. The molecule has 0 fully saturated rings. The first-order valence-electron chi connectivity index (χ1n) is 5.46. The maximum atomic E-state index is 12.6. The molecule has 1 aromatic carbocycles. The monoisotopic (exact) mass is 274 g/mol. The quantitative estimate of drug-likeness (QED) is 0.853. The Hall–Kier alpha value is -2.05. The van der Waals surface area contributed by atoms with E-state index in [0.29, 0.717) is 0 Å². The molecule has 1 unspecified atom stereocenters. The fourth-order valence-corrected chi connectivity index (χ4v) is 1.69. The van der Waals surface area contributed by atoms with Crippen LogP contribution in [0, 0.1) is 0 Å². The van der Waals surface area contributed by atoms with E-state index in [4.69, 9.17) is 11.5 Å². The lowest BCUT2D eigenvalue weighted by atomic mass is 9.92. The minimum atomic E-state index is -4.50. The van der Waals surface area contributed by atoms with Crippen LogP contribution in [0.5, 0.6) is 0 Å². The minimum Gasteiger partial charge on any atom is -0.370 e. The van der Waals surface area contributed by atoms with Gasteiger partial charge in [0.15, 0.2) is 0 Å². The molecule has 1 atom stereocenters. The van der Waals surface area contributed by atoms with E-state index in [1.165, 1.54) is 12.1 Å². The van der Waals surface area contributed by atoms with Crippen molar-refractivity contribution in [2.45, 2.75) is 24.9 Å². The highest BCUT2D eigenvalue weighted by Gasteiger charge is 2.31. The lowest BCUT2D eigenvalue weighted by molar-refractivity contribution is -0.137. The molecule has 4 N–H and O–H groups in total. The second kappa shape index (κ2) is 5.73. The molecule has 1 aromatic rings. The lowest BCUT2D eigenvalue weighted by Gasteiger charge is -2.15. The second-order valence-corrected chi connectivity index (χ2v) is 4.08. The molecule has 0 bridgehead atoms. The predicted molar refractivity (Wildman–Crippen MR) is 61.8 cm³/mol. The Labute approximate surface area is 107 Å². The van der Waals surface area contributed by atoms with Gasteiger partial charge in [-0.05, 0) is 18.1 Å². The first-order chi connectivity index (χ1) is 8.71. The van der Waals surface area contributed by atoms with E-state index in [2.05, 4.69) is 0 Å². The highest BCUT2D eigenvalue weighted by Crippen LogP contribution is 2.32. The average Bonchev–Trinajstić information content (AvgIpc) is 2.27. The molecule has 7 heteroatoms. The van der Waals surface area contributed by atoms with Gasteiger partial charge >= 0.3 is 6.18 Å². The number of nitrogens with two attached hydrogens (primary N) is 2. The topological polar surface area (TPSA) is 86.2 Å². The van der Waals surface area contributed by atoms with Crippen LogP contribution in [0.2, 0.25) is 0 Å². The molecule has 19 heavy (non-hydrogen) atoms. The number of hydrogen-bond donors (Lipinski definition) is 2. The first-order valence-corrected chi connectivity index (χ1v) is 5.46. The highest BCUT2D eigenvalue weighted by molar-refractivity contribution is 5.83. The summed E-state index contributed by atoms with van der Waals surface area (Å²) in [5, 5.41) is 0. The molecule has 0 aliphatic heterocycles. The van der Waals surface area contributed by atoms with Gasteiger partial charge in [0, 0.05) is 6.42 Å². The van der Waals surface area contributed by atoms with E-state index in [1.54, 1.807) is 0 Å². The zero-order chi connectivity index (χ0) is 14.6. The van der Waals surface area contributed by atoms with Gasteiger partial charge in [0.2, 0.25) is 11.8 Å². The molecule has 0 heterocycles. The van der Waals surface area contributed by atoms with Crippen LogP contribution in [-0.2, 0) is 15.8 Å². The van der Waals surface area contributed by atoms with E-state index in [-0.39, 0.29) is 18.4 Å². The van der Waals surface area contributed by atoms with Gasteiger partial charge in [-0.25, -0.2) is 0 Å². The Bertz CT molecular complexity index is 486. The third-order valence-electron chi connectivity index (χ3n) is 2.64. The van der Waals surface area contributed by atoms with Crippen LogP contribution >= 0.6 is 0 Å². The van der Waals surface area contributed by atoms with Crippen molar-refractivity contribution in [1.29, 1.82) is 0 Å². The Kier molecular flexibility index (Phi) is 4.52. The zero-order valence-electron chi connectivity index (χ0n) is 9.91. The highest BCUT2D eigenvalue weighted by atomic mass is 19.4. The smallest absolute Gasteiger partial charge is 0.370 e. The molecule has 0 spiro atoms. The number of hydrogen-bond acceptors (Lipinski definition) is 2. The summed E-state index contributed by atoms with van der Waals surface area (Å²) < 4.78 is 37.7. The summed E-state index contributed by atoms with van der Waals surface area (Å²) >= 11 is 0. The van der Waals surface area contributed by atoms with Gasteiger partial charge in [0.25, 0.3) is 0 Å². The maximum Gasteiger partial charge on any atom is 0.416 e. The van der Waals surface area contributed by atoms with Crippen LogP contribution in [0.15, 0.2) is 24.3 Å². The SMILES string of the molecule is NC(=O)CCC(C(N)=O)c1cccc(C(F)(F)F)c1. The standard InChI is InChI=1S/C12H13F3N2O2/c13-12(14,15)8-3-1-2-7(6-8)9(11(17)19)4-5-10(16)18/h1-3,6,9H,4-5H2,(H2,16,18)(H2,17,19). The Morgan fingerprint density at radius 2 is 1.84 bits per heavy atom. The Morgan fingerprint density at radius 3 is 2.32 bits per heavy atom. The fraction of sp³-hybridized carbons (Fsp3) is 0.333. The largest absolute Gasteiger partial charge is 0.416 e. The molecule has 0 aliphatic carbocycles. The first kappa shape index (κ1) is 15.0. The van der Waals surface area contributed by atoms with Crippen molar-refractivity contribution in [2.24, 2.45) is 11.5 Å². The molecule has 104 valence electrons. The maximum absolute atomic E-state index is 12.6. The fourth-order valence-electron chi connectivity index (χ4n) is 1.69. The number of amides is 2. The van der Waals surface area contributed by atoms with Crippen LogP contribution in [0.25, 0.3) is 0 Å². The Balaban J connectivity index is 3.03. The molecule has 0 saturated carbocycles. The van der Waals surface area contributed by atoms with Crippen molar-refractivity contribution in [3.63, 3.8) is 0 Å². The summed E-state index contributed by atoms with van der Waals surface area (Å²) in [5.41, 5.74) is 9.35. The molecule has 4 nitrogen and oxygen atoms in total. The van der Waals surface area contributed by atoms with Crippen molar-refractivity contribution < 1.29 is 22.8 Å². The van der Waals surface area contributed by atoms with E-state index < -0.39 is 29.5 Å². The molecular formula is C12H13F3N2O2. The van der Waals surface area contributed by atoms with Crippen LogP contribution in [-0.4, -0.2) is 11.8 Å². The number of primary amides is 2. The summed E-state index contributed by atoms with van der Waals surface area (Å²) in [6, 6.07) is 4.32. The number of rotatable bonds is 5. The third kappa shape index (κ3) is 4.27. The number of carbonyl (C=O) groups excluding carboxylic acids is 2. The summed E-state index contributed by atoms with van der Waals surface area (Å²) in [7, 11) is 0.